The fourth-order valence-corrected chi connectivity index (χ4v) is 2.50. The van der Waals surface area contributed by atoms with E-state index in [1.54, 1.807) is 0 Å². The molecule has 0 aliphatic heterocycles. The Kier molecular flexibility index (Phi) is 6.86. The molecule has 0 bridgehead atoms. The summed E-state index contributed by atoms with van der Waals surface area (Å²) in [6.07, 6.45) is 1.20. The van der Waals surface area contributed by atoms with Crippen LogP contribution in [0.2, 0.25) is 0 Å². The molecule has 0 saturated carbocycles. The topological polar surface area (TPSA) is 63.3 Å². The number of benzene rings is 1. The summed E-state index contributed by atoms with van der Waals surface area (Å²) in [5.74, 6) is 0. The molecule has 86 valence electrons. The SMILES string of the molecule is Cl.NCCP(=O)(O)CCc1ccccc1. The lowest BCUT2D eigenvalue weighted by molar-refractivity contribution is 0.477. The Balaban J connectivity index is 0.00000196. The second-order valence-corrected chi connectivity index (χ2v) is 5.90. The Morgan fingerprint density at radius 3 is 2.33 bits per heavy atom. The molecule has 3 N–H and O–H groups in total. The third-order valence-electron chi connectivity index (χ3n) is 2.07. The summed E-state index contributed by atoms with van der Waals surface area (Å²) in [6, 6.07) is 9.72. The van der Waals surface area contributed by atoms with Gasteiger partial charge in [-0.1, -0.05) is 30.3 Å². The van der Waals surface area contributed by atoms with Gasteiger partial charge in [0.25, 0.3) is 0 Å². The van der Waals surface area contributed by atoms with E-state index >= 15 is 0 Å². The smallest absolute Gasteiger partial charge is 0.202 e. The van der Waals surface area contributed by atoms with Gasteiger partial charge in [0.15, 0.2) is 0 Å². The number of halogens is 1. The molecule has 1 aromatic carbocycles. The first-order chi connectivity index (χ1) is 6.64. The first-order valence-corrected chi connectivity index (χ1v) is 6.72. The maximum Gasteiger partial charge on any atom is 0.202 e. The lowest BCUT2D eigenvalue weighted by atomic mass is 10.2. The molecule has 1 rings (SSSR count). The van der Waals surface area contributed by atoms with E-state index in [1.165, 1.54) is 0 Å². The molecule has 0 amide bonds. The van der Waals surface area contributed by atoms with Crippen LogP contribution in [0.4, 0.5) is 0 Å². The van der Waals surface area contributed by atoms with E-state index in [1.807, 2.05) is 30.3 Å². The molecule has 0 aliphatic carbocycles. The van der Waals surface area contributed by atoms with E-state index in [2.05, 4.69) is 0 Å². The van der Waals surface area contributed by atoms with Crippen LogP contribution in [0, 0.1) is 0 Å². The van der Waals surface area contributed by atoms with Gasteiger partial charge in [-0.05, 0) is 12.0 Å². The summed E-state index contributed by atoms with van der Waals surface area (Å²) >= 11 is 0. The van der Waals surface area contributed by atoms with Crippen molar-refractivity contribution in [1.82, 2.24) is 0 Å². The molecule has 0 aliphatic rings. The molecule has 5 heteroatoms. The maximum absolute atomic E-state index is 11.5. The number of nitrogens with two attached hydrogens (primary N) is 1. The average Bonchev–Trinajstić information content (AvgIpc) is 2.17. The largest absolute Gasteiger partial charge is 0.344 e. The standard InChI is InChI=1S/C10H16NO2P.ClH/c11-7-9-14(12,13)8-6-10-4-2-1-3-5-10;/h1-5H,6-9,11H2,(H,12,13);1H. The van der Waals surface area contributed by atoms with Crippen LogP contribution in [-0.2, 0) is 11.0 Å². The normalized spacial score (nSPS) is 14.0. The van der Waals surface area contributed by atoms with Gasteiger partial charge in [0, 0.05) is 18.9 Å². The second kappa shape index (κ2) is 7.02. The fraction of sp³-hybridized carbons (Fsp3) is 0.400. The van der Waals surface area contributed by atoms with Crippen LogP contribution >= 0.6 is 19.8 Å². The highest BCUT2D eigenvalue weighted by atomic mass is 35.5. The Labute approximate surface area is 96.6 Å². The van der Waals surface area contributed by atoms with Gasteiger partial charge in [-0.15, -0.1) is 12.4 Å². The number of hydrogen-bond acceptors (Lipinski definition) is 2. The Hall–Kier alpha value is -0.340. The summed E-state index contributed by atoms with van der Waals surface area (Å²) in [5, 5.41) is 0. The number of hydrogen-bond donors (Lipinski definition) is 2. The molecular formula is C10H17ClNO2P. The monoisotopic (exact) mass is 249 g/mol. The molecule has 0 spiro atoms. The minimum atomic E-state index is -2.98. The summed E-state index contributed by atoms with van der Waals surface area (Å²) in [4.78, 5) is 9.45. The van der Waals surface area contributed by atoms with E-state index in [-0.39, 0.29) is 25.1 Å². The fourth-order valence-electron chi connectivity index (χ4n) is 1.26. The highest BCUT2D eigenvalue weighted by molar-refractivity contribution is 7.58. The van der Waals surface area contributed by atoms with Crippen molar-refractivity contribution in [2.75, 3.05) is 18.9 Å². The van der Waals surface area contributed by atoms with E-state index in [0.717, 1.165) is 5.56 Å². The molecule has 1 atom stereocenters. The molecule has 0 heterocycles. The van der Waals surface area contributed by atoms with Crippen LogP contribution in [0.3, 0.4) is 0 Å². The summed E-state index contributed by atoms with van der Waals surface area (Å²) in [6.45, 7) is 0.280. The summed E-state index contributed by atoms with van der Waals surface area (Å²) < 4.78 is 11.5. The van der Waals surface area contributed by atoms with Crippen molar-refractivity contribution in [1.29, 1.82) is 0 Å². The van der Waals surface area contributed by atoms with Gasteiger partial charge >= 0.3 is 0 Å². The first-order valence-electron chi connectivity index (χ1n) is 4.69. The van der Waals surface area contributed by atoms with E-state index in [0.29, 0.717) is 12.6 Å². The lowest BCUT2D eigenvalue weighted by Gasteiger charge is -2.09. The van der Waals surface area contributed by atoms with Crippen LogP contribution in [0.15, 0.2) is 30.3 Å². The van der Waals surface area contributed by atoms with E-state index in [4.69, 9.17) is 5.73 Å². The predicted molar refractivity (Wildman–Crippen MR) is 66.0 cm³/mol. The van der Waals surface area contributed by atoms with Gasteiger partial charge in [0.05, 0.1) is 0 Å². The van der Waals surface area contributed by atoms with Crippen LogP contribution < -0.4 is 5.73 Å². The summed E-state index contributed by atoms with van der Waals surface area (Å²) in [5.41, 5.74) is 6.35. The molecular weight excluding hydrogens is 233 g/mol. The zero-order valence-corrected chi connectivity index (χ0v) is 10.2. The van der Waals surface area contributed by atoms with Gasteiger partial charge < -0.3 is 10.6 Å². The highest BCUT2D eigenvalue weighted by Crippen LogP contribution is 2.39. The maximum atomic E-state index is 11.5. The zero-order valence-electron chi connectivity index (χ0n) is 8.50. The molecule has 1 unspecified atom stereocenters. The van der Waals surface area contributed by atoms with Gasteiger partial charge in [-0.25, -0.2) is 0 Å². The van der Waals surface area contributed by atoms with Crippen LogP contribution in [-0.4, -0.2) is 23.8 Å². The second-order valence-electron chi connectivity index (χ2n) is 3.32. The molecule has 0 radical (unpaired) electrons. The predicted octanol–water partition coefficient (Wildman–Crippen LogP) is 1.88. The minimum Gasteiger partial charge on any atom is -0.344 e. The Morgan fingerprint density at radius 2 is 1.80 bits per heavy atom. The van der Waals surface area contributed by atoms with Crippen LogP contribution in [0.1, 0.15) is 5.56 Å². The van der Waals surface area contributed by atoms with Gasteiger partial charge in [0.2, 0.25) is 7.37 Å². The third kappa shape index (κ3) is 5.95. The van der Waals surface area contributed by atoms with Crippen molar-refractivity contribution >= 4 is 19.8 Å². The van der Waals surface area contributed by atoms with Gasteiger partial charge in [-0.2, -0.15) is 0 Å². The average molecular weight is 250 g/mol. The highest BCUT2D eigenvalue weighted by Gasteiger charge is 2.15. The van der Waals surface area contributed by atoms with Crippen LogP contribution in [0.5, 0.6) is 0 Å². The molecule has 15 heavy (non-hydrogen) atoms. The van der Waals surface area contributed by atoms with Crippen molar-refractivity contribution < 1.29 is 9.46 Å². The third-order valence-corrected chi connectivity index (χ3v) is 3.95. The quantitative estimate of drug-likeness (QED) is 0.784. The van der Waals surface area contributed by atoms with E-state index in [9.17, 15) is 9.46 Å². The van der Waals surface area contributed by atoms with Crippen molar-refractivity contribution in [3.8, 4) is 0 Å². The van der Waals surface area contributed by atoms with Crippen molar-refractivity contribution in [3.05, 3.63) is 35.9 Å². The molecule has 0 aromatic heterocycles. The molecule has 1 aromatic rings. The van der Waals surface area contributed by atoms with E-state index < -0.39 is 7.37 Å². The number of aryl methyl sites for hydroxylation is 1. The Bertz CT molecular complexity index is 318. The van der Waals surface area contributed by atoms with Gasteiger partial charge in [0.1, 0.15) is 0 Å². The Morgan fingerprint density at radius 1 is 1.20 bits per heavy atom. The molecule has 3 nitrogen and oxygen atoms in total. The van der Waals surface area contributed by atoms with Gasteiger partial charge in [-0.3, -0.25) is 4.57 Å². The van der Waals surface area contributed by atoms with Crippen molar-refractivity contribution in [2.24, 2.45) is 5.73 Å². The van der Waals surface area contributed by atoms with Crippen molar-refractivity contribution in [2.45, 2.75) is 6.42 Å². The number of rotatable bonds is 5. The molecule has 0 fully saturated rings. The lowest BCUT2D eigenvalue weighted by Crippen LogP contribution is -2.08. The zero-order chi connectivity index (χ0) is 10.4. The van der Waals surface area contributed by atoms with Crippen molar-refractivity contribution in [3.63, 3.8) is 0 Å². The summed E-state index contributed by atoms with van der Waals surface area (Å²) in [7, 11) is -2.98. The minimum absolute atomic E-state index is 0. The van der Waals surface area contributed by atoms with Crippen LogP contribution in [0.25, 0.3) is 0 Å². The molecule has 0 saturated heterocycles. The first kappa shape index (κ1) is 14.7.